The van der Waals surface area contributed by atoms with Crippen molar-refractivity contribution in [3.63, 3.8) is 0 Å². The summed E-state index contributed by atoms with van der Waals surface area (Å²) in [5.74, 6) is 0.161. The highest BCUT2D eigenvalue weighted by Gasteiger charge is 2.33. The van der Waals surface area contributed by atoms with E-state index >= 15 is 0 Å². The average Bonchev–Trinajstić information content (AvgIpc) is 2.96. The van der Waals surface area contributed by atoms with Gasteiger partial charge in [-0.05, 0) is 61.3 Å². The smallest absolute Gasteiger partial charge is 0.322 e. The van der Waals surface area contributed by atoms with Crippen LogP contribution in [0.5, 0.6) is 0 Å². The predicted octanol–water partition coefficient (Wildman–Crippen LogP) is 5.97. The van der Waals surface area contributed by atoms with Crippen LogP contribution < -0.4 is 10.6 Å². The normalized spacial score (nSPS) is 19.4. The van der Waals surface area contributed by atoms with Crippen LogP contribution in [0.1, 0.15) is 80.1 Å². The number of rotatable bonds is 10. The van der Waals surface area contributed by atoms with Gasteiger partial charge in [0.15, 0.2) is 0 Å². The summed E-state index contributed by atoms with van der Waals surface area (Å²) in [4.78, 5) is 49.1. The molecule has 2 aliphatic carbocycles. The second-order valence-electron chi connectivity index (χ2n) is 10.9. The van der Waals surface area contributed by atoms with Gasteiger partial charge in [-0.3, -0.25) is 19.7 Å². The van der Waals surface area contributed by atoms with Crippen molar-refractivity contribution < 1.29 is 24.4 Å². The van der Waals surface area contributed by atoms with Crippen molar-refractivity contribution in [2.24, 2.45) is 11.8 Å². The molecule has 10 heteroatoms. The molecule has 2 aromatic carbocycles. The number of nitrogens with zero attached hydrogens (tertiary/aromatic N) is 2. The standard InChI is InChI=1S/C30H38N4O6/c35-28(36)17-18-31-29(37)24-11-9-21(10-12-24)20-33(30(38)32-25-7-4-8-27(19-25)34(39)40)26-15-13-23(14-16-26)22-5-2-1-3-6-22/h4,7-12,19,22-23,26H,1-3,5-6,13-18,20H2,(H,31,37)(H,32,38)(H,35,36). The molecule has 214 valence electrons. The van der Waals surface area contributed by atoms with Crippen LogP contribution in [0.25, 0.3) is 0 Å². The van der Waals surface area contributed by atoms with Gasteiger partial charge in [0.05, 0.1) is 11.3 Å². The maximum Gasteiger partial charge on any atom is 0.322 e. The number of urea groups is 1. The van der Waals surface area contributed by atoms with Gasteiger partial charge in [0.1, 0.15) is 0 Å². The number of nitrogens with one attached hydrogen (secondary N) is 2. The largest absolute Gasteiger partial charge is 0.481 e. The van der Waals surface area contributed by atoms with Crippen molar-refractivity contribution >= 4 is 29.3 Å². The molecule has 0 radical (unpaired) electrons. The fourth-order valence-electron chi connectivity index (χ4n) is 6.09. The third kappa shape index (κ3) is 8.03. The number of hydrogen-bond acceptors (Lipinski definition) is 5. The summed E-state index contributed by atoms with van der Waals surface area (Å²) in [6, 6.07) is 12.6. The molecule has 40 heavy (non-hydrogen) atoms. The summed E-state index contributed by atoms with van der Waals surface area (Å²) in [6.07, 6.45) is 10.4. The SMILES string of the molecule is O=C(O)CCNC(=O)c1ccc(CN(C(=O)Nc2cccc([N+](=O)[O-])c2)C2CCC(C3CCCCC3)CC2)cc1. The molecule has 2 saturated carbocycles. The molecular weight excluding hydrogens is 512 g/mol. The van der Waals surface area contributed by atoms with Gasteiger partial charge >= 0.3 is 12.0 Å². The highest BCUT2D eigenvalue weighted by molar-refractivity contribution is 5.94. The number of nitro benzene ring substituents is 1. The molecule has 0 atom stereocenters. The summed E-state index contributed by atoms with van der Waals surface area (Å²) < 4.78 is 0. The van der Waals surface area contributed by atoms with E-state index in [2.05, 4.69) is 10.6 Å². The molecular formula is C30H38N4O6. The molecule has 2 fully saturated rings. The maximum absolute atomic E-state index is 13.6. The van der Waals surface area contributed by atoms with Gasteiger partial charge in [-0.25, -0.2) is 4.79 Å². The highest BCUT2D eigenvalue weighted by atomic mass is 16.6. The lowest BCUT2D eigenvalue weighted by Crippen LogP contribution is -2.44. The second kappa shape index (κ2) is 13.9. The Kier molecular flexibility index (Phi) is 10.1. The Hall–Kier alpha value is -3.95. The number of carboxylic acid groups (broad SMARTS) is 1. The zero-order valence-electron chi connectivity index (χ0n) is 22.7. The number of benzene rings is 2. The molecule has 0 saturated heterocycles. The molecule has 3 amide bonds. The number of carbonyl (C=O) groups is 3. The van der Waals surface area contributed by atoms with Crippen molar-refractivity contribution in [2.45, 2.75) is 76.8 Å². The van der Waals surface area contributed by atoms with E-state index in [0.29, 0.717) is 23.7 Å². The van der Waals surface area contributed by atoms with E-state index in [4.69, 9.17) is 5.11 Å². The van der Waals surface area contributed by atoms with Gasteiger partial charge in [0.2, 0.25) is 0 Å². The summed E-state index contributed by atoms with van der Waals surface area (Å²) in [7, 11) is 0. The molecule has 0 bridgehead atoms. The minimum Gasteiger partial charge on any atom is -0.481 e. The molecule has 0 aromatic heterocycles. The van der Waals surface area contributed by atoms with E-state index in [1.165, 1.54) is 44.2 Å². The Morgan fingerprint density at radius 2 is 1.60 bits per heavy atom. The maximum atomic E-state index is 13.6. The van der Waals surface area contributed by atoms with E-state index in [9.17, 15) is 24.5 Å². The summed E-state index contributed by atoms with van der Waals surface area (Å²) >= 11 is 0. The van der Waals surface area contributed by atoms with Gasteiger partial charge < -0.3 is 20.6 Å². The van der Waals surface area contributed by atoms with Crippen LogP contribution in [0.3, 0.4) is 0 Å². The predicted molar refractivity (Wildman–Crippen MR) is 151 cm³/mol. The Morgan fingerprint density at radius 3 is 2.25 bits per heavy atom. The van der Waals surface area contributed by atoms with E-state index in [0.717, 1.165) is 37.2 Å². The highest BCUT2D eigenvalue weighted by Crippen LogP contribution is 2.39. The first-order valence-electron chi connectivity index (χ1n) is 14.2. The molecule has 2 aliphatic rings. The van der Waals surface area contributed by atoms with Gasteiger partial charge in [-0.15, -0.1) is 0 Å². The van der Waals surface area contributed by atoms with Gasteiger partial charge in [0.25, 0.3) is 11.6 Å². The zero-order chi connectivity index (χ0) is 28.5. The van der Waals surface area contributed by atoms with E-state index in [1.807, 2.05) is 4.90 Å². The van der Waals surface area contributed by atoms with Crippen LogP contribution in [0.15, 0.2) is 48.5 Å². The van der Waals surface area contributed by atoms with Crippen molar-refractivity contribution in [1.29, 1.82) is 0 Å². The topological polar surface area (TPSA) is 142 Å². The Balaban J connectivity index is 1.45. The Bertz CT molecular complexity index is 1190. The van der Waals surface area contributed by atoms with Gasteiger partial charge in [-0.1, -0.05) is 50.3 Å². The molecule has 3 N–H and O–H groups in total. The molecule has 2 aromatic rings. The number of non-ortho nitro benzene ring substituents is 1. The fourth-order valence-corrected chi connectivity index (χ4v) is 6.09. The quantitative estimate of drug-likeness (QED) is 0.246. The first-order valence-corrected chi connectivity index (χ1v) is 14.2. The second-order valence-corrected chi connectivity index (χ2v) is 10.9. The minimum absolute atomic E-state index is 0.0394. The summed E-state index contributed by atoms with van der Waals surface area (Å²) in [6.45, 7) is 0.380. The van der Waals surface area contributed by atoms with Gasteiger partial charge in [0, 0.05) is 42.5 Å². The third-order valence-corrected chi connectivity index (χ3v) is 8.26. The first-order chi connectivity index (χ1) is 19.3. The van der Waals surface area contributed by atoms with E-state index in [1.54, 1.807) is 36.4 Å². The van der Waals surface area contributed by atoms with Gasteiger partial charge in [-0.2, -0.15) is 0 Å². The van der Waals surface area contributed by atoms with Crippen LogP contribution in [-0.2, 0) is 11.3 Å². The van der Waals surface area contributed by atoms with Crippen LogP contribution >= 0.6 is 0 Å². The minimum atomic E-state index is -0.980. The van der Waals surface area contributed by atoms with Crippen LogP contribution in [-0.4, -0.2) is 45.4 Å². The zero-order valence-corrected chi connectivity index (χ0v) is 22.7. The lowest BCUT2D eigenvalue weighted by atomic mass is 9.72. The number of carbonyl (C=O) groups excluding carboxylic acids is 2. The number of aliphatic carboxylic acids is 1. The first kappa shape index (κ1) is 29.0. The number of amides is 3. The molecule has 0 unspecified atom stereocenters. The van der Waals surface area contributed by atoms with E-state index < -0.39 is 10.9 Å². The number of carboxylic acids is 1. The summed E-state index contributed by atoms with van der Waals surface area (Å²) in [5.41, 5.74) is 1.54. The number of hydrogen-bond donors (Lipinski definition) is 3. The average molecular weight is 551 g/mol. The summed E-state index contributed by atoms with van der Waals surface area (Å²) in [5, 5.41) is 25.4. The number of anilines is 1. The van der Waals surface area contributed by atoms with Crippen LogP contribution in [0.2, 0.25) is 0 Å². The molecule has 10 nitrogen and oxygen atoms in total. The van der Waals surface area contributed by atoms with Crippen molar-refractivity contribution in [3.05, 3.63) is 69.8 Å². The third-order valence-electron chi connectivity index (χ3n) is 8.26. The fraction of sp³-hybridized carbons (Fsp3) is 0.500. The van der Waals surface area contributed by atoms with Crippen molar-refractivity contribution in [2.75, 3.05) is 11.9 Å². The van der Waals surface area contributed by atoms with Crippen LogP contribution in [0, 0.1) is 22.0 Å². The lowest BCUT2D eigenvalue weighted by molar-refractivity contribution is -0.384. The van der Waals surface area contributed by atoms with Crippen LogP contribution in [0.4, 0.5) is 16.2 Å². The molecule has 0 heterocycles. The van der Waals surface area contributed by atoms with E-state index in [-0.39, 0.29) is 36.6 Å². The monoisotopic (exact) mass is 550 g/mol. The van der Waals surface area contributed by atoms with Crippen molar-refractivity contribution in [1.82, 2.24) is 10.2 Å². The number of nitro groups is 1. The Labute approximate surface area is 234 Å². The van der Waals surface area contributed by atoms with Crippen molar-refractivity contribution in [3.8, 4) is 0 Å². The molecule has 0 spiro atoms. The molecule has 0 aliphatic heterocycles. The molecule has 4 rings (SSSR count). The Morgan fingerprint density at radius 1 is 0.925 bits per heavy atom. The lowest BCUT2D eigenvalue weighted by Gasteiger charge is -2.40.